The number of halogens is 1. The van der Waals surface area contributed by atoms with Crippen molar-refractivity contribution in [2.45, 2.75) is 62.9 Å². The zero-order chi connectivity index (χ0) is 17.4. The van der Waals surface area contributed by atoms with E-state index in [-0.39, 0.29) is 24.1 Å². The normalized spacial score (nSPS) is 41.5. The zero-order valence-electron chi connectivity index (χ0n) is 15.2. The highest BCUT2D eigenvalue weighted by atomic mass is 35.5. The summed E-state index contributed by atoms with van der Waals surface area (Å²) in [7, 11) is -0.306. The first-order valence-electron chi connectivity index (χ1n) is 9.58. The van der Waals surface area contributed by atoms with E-state index in [4.69, 9.17) is 25.6 Å². The van der Waals surface area contributed by atoms with E-state index in [1.807, 2.05) is 12.1 Å². The second kappa shape index (κ2) is 5.40. The van der Waals surface area contributed by atoms with Crippen molar-refractivity contribution in [3.63, 3.8) is 0 Å². The van der Waals surface area contributed by atoms with E-state index in [0.29, 0.717) is 23.9 Å². The lowest BCUT2D eigenvalue weighted by Crippen LogP contribution is -2.65. The van der Waals surface area contributed by atoms with Gasteiger partial charge in [0.05, 0.1) is 23.6 Å². The van der Waals surface area contributed by atoms with Crippen LogP contribution in [0.4, 0.5) is 0 Å². The van der Waals surface area contributed by atoms with Crippen LogP contribution in [0, 0.1) is 17.3 Å². The molecular weight excluding hydrogens is 334 g/mol. The summed E-state index contributed by atoms with van der Waals surface area (Å²) >= 11 is 6.79. The van der Waals surface area contributed by atoms with Gasteiger partial charge in [-0.3, -0.25) is 0 Å². The molecule has 3 saturated carbocycles. The molecule has 1 unspecified atom stereocenters. The van der Waals surface area contributed by atoms with Gasteiger partial charge < -0.3 is 14.0 Å². The Balaban J connectivity index is 1.30. The van der Waals surface area contributed by atoms with E-state index in [0.717, 1.165) is 24.5 Å². The fourth-order valence-corrected chi connectivity index (χ4v) is 6.19. The molecule has 0 spiro atoms. The molecule has 25 heavy (non-hydrogen) atoms. The van der Waals surface area contributed by atoms with Gasteiger partial charge in [-0.25, -0.2) is 0 Å². The van der Waals surface area contributed by atoms with Crippen molar-refractivity contribution in [1.29, 1.82) is 0 Å². The maximum Gasteiger partial charge on any atom is 0.476 e. The summed E-state index contributed by atoms with van der Waals surface area (Å²) in [6.45, 7) is 7.72. The second-order valence-corrected chi connectivity index (χ2v) is 9.70. The molecule has 2 bridgehead atoms. The van der Waals surface area contributed by atoms with Gasteiger partial charge in [0, 0.05) is 11.5 Å². The van der Waals surface area contributed by atoms with E-state index >= 15 is 0 Å². The number of hydrogen-bond donors (Lipinski definition) is 0. The minimum absolute atomic E-state index is 0.150. The van der Waals surface area contributed by atoms with E-state index in [1.165, 1.54) is 12.0 Å². The molecule has 1 aromatic carbocycles. The maximum absolute atomic E-state index is 6.79. The van der Waals surface area contributed by atoms with Crippen molar-refractivity contribution in [1.82, 2.24) is 0 Å². The molecule has 5 aliphatic rings. The maximum atomic E-state index is 6.79. The average molecular weight is 361 g/mol. The summed E-state index contributed by atoms with van der Waals surface area (Å²) in [5.74, 6) is 2.66. The van der Waals surface area contributed by atoms with Crippen LogP contribution in [0.25, 0.3) is 0 Å². The molecule has 2 aliphatic heterocycles. The predicted octanol–water partition coefficient (Wildman–Crippen LogP) is 4.43. The van der Waals surface area contributed by atoms with Crippen LogP contribution in [0.5, 0.6) is 5.75 Å². The summed E-state index contributed by atoms with van der Waals surface area (Å²) in [4.78, 5) is 0. The van der Waals surface area contributed by atoms with Crippen LogP contribution in [0.1, 0.15) is 51.5 Å². The summed E-state index contributed by atoms with van der Waals surface area (Å²) in [5.41, 5.74) is 1.45. The lowest BCUT2D eigenvalue weighted by Gasteiger charge is -2.64. The van der Waals surface area contributed by atoms with E-state index in [1.54, 1.807) is 0 Å². The van der Waals surface area contributed by atoms with E-state index in [9.17, 15) is 0 Å². The Morgan fingerprint density at radius 1 is 1.24 bits per heavy atom. The highest BCUT2D eigenvalue weighted by Crippen LogP contribution is 2.66. The largest absolute Gasteiger partial charge is 0.493 e. The quantitative estimate of drug-likeness (QED) is 0.589. The van der Waals surface area contributed by atoms with Crippen molar-refractivity contribution in [3.05, 3.63) is 29.8 Å². The molecule has 6 atom stereocenters. The summed E-state index contributed by atoms with van der Waals surface area (Å²) < 4.78 is 18.6. The van der Waals surface area contributed by atoms with Gasteiger partial charge in [0.1, 0.15) is 5.75 Å². The highest BCUT2D eigenvalue weighted by Gasteiger charge is 2.68. The molecule has 1 aromatic rings. The first-order chi connectivity index (χ1) is 11.9. The minimum atomic E-state index is -0.306. The summed E-state index contributed by atoms with van der Waals surface area (Å²) in [5, 5.41) is -0.150. The minimum Gasteiger partial charge on any atom is -0.493 e. The Kier molecular flexibility index (Phi) is 3.56. The van der Waals surface area contributed by atoms with Crippen LogP contribution in [0.2, 0.25) is 0 Å². The molecule has 3 nitrogen and oxygen atoms in total. The molecule has 134 valence electrons. The smallest absolute Gasteiger partial charge is 0.476 e. The lowest BCUT2D eigenvalue weighted by molar-refractivity contribution is -0.199. The van der Waals surface area contributed by atoms with Crippen LogP contribution in [-0.4, -0.2) is 30.7 Å². The van der Waals surface area contributed by atoms with E-state index < -0.39 is 0 Å². The van der Waals surface area contributed by atoms with Gasteiger partial charge in [-0.2, -0.15) is 0 Å². The molecule has 0 N–H and O–H groups in total. The molecule has 5 heteroatoms. The van der Waals surface area contributed by atoms with Crippen molar-refractivity contribution in [2.24, 2.45) is 17.3 Å². The third-order valence-corrected chi connectivity index (χ3v) is 7.96. The Labute approximate surface area is 155 Å². The number of benzene rings is 1. The monoisotopic (exact) mass is 360 g/mol. The van der Waals surface area contributed by atoms with Gasteiger partial charge in [0.25, 0.3) is 0 Å². The lowest BCUT2D eigenvalue weighted by atomic mass is 9.43. The van der Waals surface area contributed by atoms with Gasteiger partial charge in [-0.15, -0.1) is 11.6 Å². The fraction of sp³-hybridized carbons (Fsp3) is 0.700. The Morgan fingerprint density at radius 2 is 2.04 bits per heavy atom. The average Bonchev–Trinajstić information content (AvgIpc) is 3.15. The van der Waals surface area contributed by atoms with Crippen LogP contribution in [0.15, 0.2) is 24.3 Å². The summed E-state index contributed by atoms with van der Waals surface area (Å²) in [6, 6.07) is 8.26. The van der Waals surface area contributed by atoms with Crippen molar-refractivity contribution in [3.8, 4) is 5.75 Å². The number of alkyl halides is 1. The van der Waals surface area contributed by atoms with Crippen molar-refractivity contribution < 1.29 is 14.0 Å². The fourth-order valence-electron chi connectivity index (χ4n) is 5.86. The molecule has 3 aliphatic carbocycles. The van der Waals surface area contributed by atoms with Crippen LogP contribution in [-0.2, 0) is 9.31 Å². The van der Waals surface area contributed by atoms with Gasteiger partial charge in [0.15, 0.2) is 0 Å². The number of hydrogen-bond acceptors (Lipinski definition) is 3. The highest BCUT2D eigenvalue weighted by molar-refractivity contribution is 6.59. The SMILES string of the molecule is CC1(C)[C@@H]2C[C@H]3OB([C@H](Cl)CC4COc5ccccc54)O[C@@]3(C)[C@H]1C2. The third kappa shape index (κ3) is 2.26. The van der Waals surface area contributed by atoms with Crippen LogP contribution < -0.4 is 4.74 Å². The number of fused-ring (bicyclic) bond motifs is 1. The zero-order valence-corrected chi connectivity index (χ0v) is 16.0. The van der Waals surface area contributed by atoms with Gasteiger partial charge >= 0.3 is 7.12 Å². The molecule has 4 fully saturated rings. The molecule has 0 amide bonds. The topological polar surface area (TPSA) is 27.7 Å². The molecule has 1 saturated heterocycles. The third-order valence-electron chi connectivity index (χ3n) is 7.57. The molecule has 6 rings (SSSR count). The molecule has 0 radical (unpaired) electrons. The number of ether oxygens (including phenoxy) is 1. The Morgan fingerprint density at radius 3 is 2.84 bits per heavy atom. The molecule has 0 aromatic heterocycles. The predicted molar refractivity (Wildman–Crippen MR) is 99.0 cm³/mol. The Hall–Kier alpha value is -0.705. The summed E-state index contributed by atoms with van der Waals surface area (Å²) in [6.07, 6.45) is 3.40. The van der Waals surface area contributed by atoms with Crippen LogP contribution >= 0.6 is 11.6 Å². The first-order valence-corrected chi connectivity index (χ1v) is 10.0. The molecular formula is C20H26BClO3. The van der Waals surface area contributed by atoms with Gasteiger partial charge in [-0.1, -0.05) is 32.0 Å². The van der Waals surface area contributed by atoms with Crippen LogP contribution in [0.3, 0.4) is 0 Å². The second-order valence-electron chi connectivity index (χ2n) is 9.13. The van der Waals surface area contributed by atoms with Crippen molar-refractivity contribution >= 4 is 18.7 Å². The standard InChI is InChI=1S/C20H26BClO3/c1-19(2)13-9-16(19)20(3)17(10-13)24-21(25-20)18(22)8-12-11-23-15-7-5-4-6-14(12)15/h4-7,12-13,16-18H,8-11H2,1-3H3/t12?,13-,16-,17+,18+,20-/m0/s1. The number of rotatable bonds is 3. The molecule has 2 heterocycles. The van der Waals surface area contributed by atoms with E-state index in [2.05, 4.69) is 32.9 Å². The number of para-hydroxylation sites is 1. The van der Waals surface area contributed by atoms with Gasteiger partial charge in [-0.05, 0) is 49.5 Å². The Bertz CT molecular complexity index is 695. The van der Waals surface area contributed by atoms with Gasteiger partial charge in [0.2, 0.25) is 0 Å². The van der Waals surface area contributed by atoms with Crippen molar-refractivity contribution in [2.75, 3.05) is 6.61 Å². The first kappa shape index (κ1) is 16.5.